The number of likely N-dealkylation sites (N-methyl/N-ethyl adjacent to an activating group) is 1. The number of halogens is 2. The van der Waals surface area contributed by atoms with Crippen molar-refractivity contribution in [3.63, 3.8) is 0 Å². The van der Waals surface area contributed by atoms with Gasteiger partial charge >= 0.3 is 0 Å². The first-order chi connectivity index (χ1) is 11.0. The van der Waals surface area contributed by atoms with E-state index in [0.29, 0.717) is 26.4 Å². The van der Waals surface area contributed by atoms with Crippen molar-refractivity contribution in [2.24, 2.45) is 0 Å². The minimum atomic E-state index is -0.431. The fraction of sp³-hybridized carbons (Fsp3) is 0.667. The van der Waals surface area contributed by atoms with Crippen molar-refractivity contribution in [2.45, 2.75) is 20.0 Å². The molecular formula is C18H32Cl2N2O3. The van der Waals surface area contributed by atoms with Crippen molar-refractivity contribution in [1.29, 1.82) is 0 Å². The summed E-state index contributed by atoms with van der Waals surface area (Å²) >= 11 is 0. The lowest BCUT2D eigenvalue weighted by molar-refractivity contribution is 0.00149. The van der Waals surface area contributed by atoms with Gasteiger partial charge in [-0.2, -0.15) is 0 Å². The topological polar surface area (TPSA) is 45.2 Å². The molecule has 0 radical (unpaired) electrons. The molecule has 0 aliphatic carbocycles. The second kappa shape index (κ2) is 12.7. The van der Waals surface area contributed by atoms with Crippen LogP contribution in [0.1, 0.15) is 11.1 Å². The van der Waals surface area contributed by atoms with Crippen LogP contribution in [0.3, 0.4) is 0 Å². The number of β-amino-alcohol motifs (C(OH)–C–C–N with tert-alkyl or cyclic N) is 1. The van der Waals surface area contributed by atoms with Crippen LogP contribution in [0.25, 0.3) is 0 Å². The standard InChI is InChI=1S/C18H30N2O3.2ClH/c1-15-4-5-18(12-16(15)2)23-11-10-22-14-17(21)13-20-8-6-19(3)7-9-20;;/h4-5,12,17,21H,6-11,13-14H2,1-3H3;2*1H. The summed E-state index contributed by atoms with van der Waals surface area (Å²) in [6, 6.07) is 6.08. The van der Waals surface area contributed by atoms with E-state index < -0.39 is 6.10 Å². The first kappa shape index (κ1) is 24.4. The van der Waals surface area contributed by atoms with E-state index in [4.69, 9.17) is 9.47 Å². The number of nitrogens with zero attached hydrogens (tertiary/aromatic N) is 2. The van der Waals surface area contributed by atoms with Crippen molar-refractivity contribution in [3.05, 3.63) is 29.3 Å². The minimum absolute atomic E-state index is 0. The van der Waals surface area contributed by atoms with Gasteiger partial charge in [0.15, 0.2) is 0 Å². The van der Waals surface area contributed by atoms with Crippen LogP contribution < -0.4 is 4.74 Å². The molecule has 5 nitrogen and oxygen atoms in total. The lowest BCUT2D eigenvalue weighted by Gasteiger charge is -2.33. The maximum Gasteiger partial charge on any atom is 0.119 e. The molecule has 2 rings (SSSR count). The molecule has 25 heavy (non-hydrogen) atoms. The highest BCUT2D eigenvalue weighted by atomic mass is 35.5. The third-order valence-corrected chi connectivity index (χ3v) is 4.35. The lowest BCUT2D eigenvalue weighted by Crippen LogP contribution is -2.47. The van der Waals surface area contributed by atoms with Crippen molar-refractivity contribution < 1.29 is 14.6 Å². The molecule has 1 heterocycles. The van der Waals surface area contributed by atoms with Crippen LogP contribution in [0.15, 0.2) is 18.2 Å². The molecule has 0 bridgehead atoms. The van der Waals surface area contributed by atoms with Gasteiger partial charge in [-0.15, -0.1) is 24.8 Å². The fourth-order valence-electron chi connectivity index (χ4n) is 2.62. The molecular weight excluding hydrogens is 363 g/mol. The third-order valence-electron chi connectivity index (χ3n) is 4.35. The Morgan fingerprint density at radius 2 is 1.72 bits per heavy atom. The molecule has 0 saturated carbocycles. The van der Waals surface area contributed by atoms with E-state index >= 15 is 0 Å². The smallest absolute Gasteiger partial charge is 0.119 e. The second-order valence-corrected chi connectivity index (χ2v) is 6.43. The monoisotopic (exact) mass is 394 g/mol. The summed E-state index contributed by atoms with van der Waals surface area (Å²) in [5.74, 6) is 0.870. The zero-order valence-electron chi connectivity index (χ0n) is 15.4. The van der Waals surface area contributed by atoms with E-state index in [9.17, 15) is 5.11 Å². The fourth-order valence-corrected chi connectivity index (χ4v) is 2.62. The Morgan fingerprint density at radius 3 is 2.36 bits per heavy atom. The third kappa shape index (κ3) is 9.08. The van der Waals surface area contributed by atoms with Gasteiger partial charge in [0.25, 0.3) is 0 Å². The number of piperazine rings is 1. The molecule has 0 amide bonds. The van der Waals surface area contributed by atoms with Gasteiger partial charge in [-0.25, -0.2) is 0 Å². The highest BCUT2D eigenvalue weighted by Crippen LogP contribution is 2.16. The second-order valence-electron chi connectivity index (χ2n) is 6.43. The Labute approximate surface area is 164 Å². The van der Waals surface area contributed by atoms with E-state index in [2.05, 4.69) is 36.8 Å². The molecule has 1 fully saturated rings. The van der Waals surface area contributed by atoms with Crippen molar-refractivity contribution in [3.8, 4) is 5.75 Å². The summed E-state index contributed by atoms with van der Waals surface area (Å²) in [6.45, 7) is 10.4. The Bertz CT molecular complexity index is 483. The van der Waals surface area contributed by atoms with Crippen molar-refractivity contribution in [2.75, 3.05) is 59.6 Å². The first-order valence-corrected chi connectivity index (χ1v) is 8.41. The zero-order chi connectivity index (χ0) is 16.7. The normalized spacial score (nSPS) is 16.6. The number of benzene rings is 1. The molecule has 1 saturated heterocycles. The van der Waals surface area contributed by atoms with Crippen LogP contribution in [0.4, 0.5) is 0 Å². The molecule has 1 aliphatic heterocycles. The summed E-state index contributed by atoms with van der Waals surface area (Å²) in [7, 11) is 2.13. The summed E-state index contributed by atoms with van der Waals surface area (Å²) in [5, 5.41) is 10.0. The van der Waals surface area contributed by atoms with Gasteiger partial charge in [0.05, 0.1) is 19.3 Å². The van der Waals surface area contributed by atoms with E-state index in [1.54, 1.807) is 0 Å². The zero-order valence-corrected chi connectivity index (χ0v) is 17.1. The number of aliphatic hydroxyl groups excluding tert-OH is 1. The molecule has 7 heteroatoms. The Hall–Kier alpha value is -0.560. The predicted octanol–water partition coefficient (Wildman–Crippen LogP) is 2.15. The van der Waals surface area contributed by atoms with Crippen LogP contribution in [0.5, 0.6) is 5.75 Å². The number of hydrogen-bond acceptors (Lipinski definition) is 5. The summed E-state index contributed by atoms with van der Waals surface area (Å²) in [6.07, 6.45) is -0.431. The average molecular weight is 395 g/mol. The predicted molar refractivity (Wildman–Crippen MR) is 107 cm³/mol. The van der Waals surface area contributed by atoms with Gasteiger partial charge < -0.3 is 19.5 Å². The molecule has 146 valence electrons. The maximum atomic E-state index is 10.0. The van der Waals surface area contributed by atoms with Gasteiger partial charge in [0.1, 0.15) is 12.4 Å². The van der Waals surface area contributed by atoms with Gasteiger partial charge in [0, 0.05) is 32.7 Å². The van der Waals surface area contributed by atoms with Crippen LogP contribution in [-0.2, 0) is 4.74 Å². The molecule has 1 unspecified atom stereocenters. The van der Waals surface area contributed by atoms with Crippen LogP contribution in [0.2, 0.25) is 0 Å². The van der Waals surface area contributed by atoms with Crippen LogP contribution in [-0.4, -0.2) is 80.6 Å². The highest BCUT2D eigenvalue weighted by molar-refractivity contribution is 5.85. The minimum Gasteiger partial charge on any atom is -0.491 e. The Kier molecular flexibility index (Phi) is 12.5. The van der Waals surface area contributed by atoms with Crippen molar-refractivity contribution >= 4 is 24.8 Å². The van der Waals surface area contributed by atoms with Gasteiger partial charge in [-0.05, 0) is 44.2 Å². The quantitative estimate of drug-likeness (QED) is 0.684. The lowest BCUT2D eigenvalue weighted by atomic mass is 10.1. The molecule has 1 aromatic rings. The molecule has 0 aromatic heterocycles. The highest BCUT2D eigenvalue weighted by Gasteiger charge is 2.16. The summed E-state index contributed by atoms with van der Waals surface area (Å²) in [4.78, 5) is 4.60. The first-order valence-electron chi connectivity index (χ1n) is 8.41. The summed E-state index contributed by atoms with van der Waals surface area (Å²) in [5.41, 5.74) is 2.49. The van der Waals surface area contributed by atoms with Crippen LogP contribution in [0, 0.1) is 13.8 Å². The van der Waals surface area contributed by atoms with E-state index in [-0.39, 0.29) is 24.8 Å². The number of ether oxygens (including phenoxy) is 2. The molecule has 1 aliphatic rings. The van der Waals surface area contributed by atoms with E-state index in [0.717, 1.165) is 31.9 Å². The van der Waals surface area contributed by atoms with Crippen LogP contribution >= 0.6 is 24.8 Å². The van der Waals surface area contributed by atoms with Gasteiger partial charge in [-0.1, -0.05) is 6.07 Å². The van der Waals surface area contributed by atoms with Gasteiger partial charge in [-0.3, -0.25) is 4.90 Å². The van der Waals surface area contributed by atoms with E-state index in [1.165, 1.54) is 11.1 Å². The largest absolute Gasteiger partial charge is 0.491 e. The number of rotatable bonds is 8. The molecule has 1 N–H and O–H groups in total. The molecule has 1 atom stereocenters. The van der Waals surface area contributed by atoms with Crippen molar-refractivity contribution in [1.82, 2.24) is 9.80 Å². The summed E-state index contributed by atoms with van der Waals surface area (Å²) < 4.78 is 11.2. The number of aryl methyl sites for hydroxylation is 2. The average Bonchev–Trinajstić information content (AvgIpc) is 2.53. The Morgan fingerprint density at radius 1 is 1.04 bits per heavy atom. The SMILES string of the molecule is Cc1ccc(OCCOCC(O)CN2CCN(C)CC2)cc1C.Cl.Cl. The molecule has 1 aromatic carbocycles. The van der Waals surface area contributed by atoms with Gasteiger partial charge in [0.2, 0.25) is 0 Å². The van der Waals surface area contributed by atoms with E-state index in [1.807, 2.05) is 12.1 Å². The Balaban J connectivity index is 0.00000288. The molecule has 0 spiro atoms. The maximum absolute atomic E-state index is 10.0. The number of aliphatic hydroxyl groups is 1. The number of hydrogen-bond donors (Lipinski definition) is 1.